The first-order valence-electron chi connectivity index (χ1n) is 17.3. The molecular weight excluding hydrogens is 704 g/mol. The number of carbonyl (C=O) groups is 3. The van der Waals surface area contributed by atoms with Crippen molar-refractivity contribution >= 4 is 50.8 Å². The fourth-order valence-corrected chi connectivity index (χ4v) is 23.5. The summed E-state index contributed by atoms with van der Waals surface area (Å²) in [5.74, 6) is -1.86. The van der Waals surface area contributed by atoms with E-state index in [0.717, 1.165) is 35.8 Å². The zero-order chi connectivity index (χ0) is 34.4. The van der Waals surface area contributed by atoms with E-state index in [4.69, 9.17) is 15.6 Å². The minimum absolute atomic E-state index is 0.0326. The Morgan fingerprint density at radius 2 is 1.68 bits per heavy atom. The molecule has 0 bridgehead atoms. The van der Waals surface area contributed by atoms with Crippen LogP contribution in [0.1, 0.15) is 114 Å². The number of primary amides is 1. The number of ether oxygens (including phenoxy) is 1. The van der Waals surface area contributed by atoms with Gasteiger partial charge in [0.1, 0.15) is 5.60 Å². The van der Waals surface area contributed by atoms with Crippen LogP contribution in [0.2, 0.25) is 13.3 Å². The van der Waals surface area contributed by atoms with E-state index in [0.29, 0.717) is 17.8 Å². The molecule has 11 heteroatoms. The average molecular weight is 757 g/mol. The second kappa shape index (κ2) is 15.9. The molecule has 0 radical (unpaired) electrons. The fraction of sp³-hybridized carbons (Fsp3) is 0.583. The third-order valence-electron chi connectivity index (χ3n) is 9.26. The molecule has 0 unspecified atom stereocenters. The Morgan fingerprint density at radius 3 is 2.26 bits per heavy atom. The number of halogens is 1. The van der Waals surface area contributed by atoms with Crippen molar-refractivity contribution in [3.63, 3.8) is 0 Å². The predicted molar refractivity (Wildman–Crippen MR) is 185 cm³/mol. The Morgan fingerprint density at radius 1 is 1.04 bits per heavy atom. The fourth-order valence-electron chi connectivity index (χ4n) is 6.91. The van der Waals surface area contributed by atoms with E-state index < -0.39 is 47.8 Å². The van der Waals surface area contributed by atoms with Crippen molar-refractivity contribution in [2.45, 2.75) is 131 Å². The number of pyridine rings is 1. The molecule has 1 aromatic carbocycles. The van der Waals surface area contributed by atoms with Gasteiger partial charge in [-0.1, -0.05) is 0 Å². The predicted octanol–water partition coefficient (Wildman–Crippen LogP) is 6.61. The van der Waals surface area contributed by atoms with E-state index >= 15 is 4.39 Å². The van der Waals surface area contributed by atoms with Crippen LogP contribution >= 0.6 is 0 Å². The van der Waals surface area contributed by atoms with Gasteiger partial charge in [-0.3, -0.25) is 9.59 Å². The number of amides is 2. The number of esters is 1. The van der Waals surface area contributed by atoms with Crippen molar-refractivity contribution in [2.24, 2.45) is 5.73 Å². The number of fused-ring (bicyclic) bond motifs is 2. The summed E-state index contributed by atoms with van der Waals surface area (Å²) in [4.78, 5) is 43.9. The van der Waals surface area contributed by atoms with Gasteiger partial charge >= 0.3 is 231 Å². The van der Waals surface area contributed by atoms with E-state index in [1.807, 2.05) is 18.3 Å². The third kappa shape index (κ3) is 8.91. The number of nitrogens with two attached hydrogens (primary N) is 1. The zero-order valence-corrected chi connectivity index (χ0v) is 31.9. The first-order valence-corrected chi connectivity index (χ1v) is 24.8. The summed E-state index contributed by atoms with van der Waals surface area (Å²) in [5.41, 5.74) is 7.77. The van der Waals surface area contributed by atoms with E-state index in [-0.39, 0.29) is 25.3 Å². The summed E-state index contributed by atoms with van der Waals surface area (Å²) in [5, 5.41) is 5.71. The van der Waals surface area contributed by atoms with E-state index in [9.17, 15) is 14.4 Å². The Labute approximate surface area is 282 Å². The molecule has 256 valence electrons. The normalized spacial score (nSPS) is 14.1. The van der Waals surface area contributed by atoms with Gasteiger partial charge in [-0.05, 0) is 20.8 Å². The molecule has 1 aliphatic heterocycles. The number of hydrogen-bond acceptors (Lipinski definition) is 6. The van der Waals surface area contributed by atoms with Crippen molar-refractivity contribution in [1.82, 2.24) is 19.7 Å². The van der Waals surface area contributed by atoms with Gasteiger partial charge in [0.15, 0.2) is 0 Å². The number of hydrogen-bond donors (Lipinski definition) is 1. The van der Waals surface area contributed by atoms with Gasteiger partial charge in [0.25, 0.3) is 0 Å². The van der Waals surface area contributed by atoms with Gasteiger partial charge in [-0.25, -0.2) is 0 Å². The van der Waals surface area contributed by atoms with Crippen LogP contribution in [-0.4, -0.2) is 67.5 Å². The molecule has 3 aromatic rings. The Balaban J connectivity index is 1.60. The SMILES string of the molecule is CCC[CH2][Sn]([CH2]CCC)([CH2]CCC)[c]1cc(F)nc2c1cnn2Cc1ccc2c(c1)CN([C@@H](CCC(=O)OC(C)(C)C)C(N)=O)C2=O. The van der Waals surface area contributed by atoms with E-state index in [2.05, 4.69) is 25.8 Å². The van der Waals surface area contributed by atoms with Gasteiger partial charge in [-0.2, -0.15) is 0 Å². The first-order chi connectivity index (χ1) is 22.3. The van der Waals surface area contributed by atoms with Crippen molar-refractivity contribution in [3.8, 4) is 0 Å². The zero-order valence-electron chi connectivity index (χ0n) is 29.0. The molecule has 1 aliphatic rings. The number of benzene rings is 1. The molecule has 3 heterocycles. The van der Waals surface area contributed by atoms with Gasteiger partial charge in [0.2, 0.25) is 0 Å². The molecule has 0 saturated carbocycles. The van der Waals surface area contributed by atoms with Gasteiger partial charge < -0.3 is 10.5 Å². The average Bonchev–Trinajstić information content (AvgIpc) is 3.55. The Kier molecular flexibility index (Phi) is 12.5. The third-order valence-corrected chi connectivity index (χ3v) is 24.9. The summed E-state index contributed by atoms with van der Waals surface area (Å²) >= 11 is -3.00. The molecule has 0 aliphatic carbocycles. The van der Waals surface area contributed by atoms with Crippen LogP contribution in [0, 0.1) is 5.95 Å². The second-order valence-electron chi connectivity index (χ2n) is 14.1. The second-order valence-corrected chi connectivity index (χ2v) is 27.2. The molecule has 4 rings (SSSR count). The summed E-state index contributed by atoms with van der Waals surface area (Å²) in [6.07, 6.45) is 8.85. The molecule has 9 nitrogen and oxygen atoms in total. The summed E-state index contributed by atoms with van der Waals surface area (Å²) in [6, 6.07) is 6.35. The molecule has 0 fully saturated rings. The molecule has 2 amide bonds. The summed E-state index contributed by atoms with van der Waals surface area (Å²) < 4.78 is 27.4. The van der Waals surface area contributed by atoms with E-state index in [1.54, 1.807) is 37.6 Å². The quantitative estimate of drug-likeness (QED) is 0.0942. The summed E-state index contributed by atoms with van der Waals surface area (Å²) in [7, 11) is 0. The van der Waals surface area contributed by atoms with Crippen molar-refractivity contribution in [1.29, 1.82) is 0 Å². The van der Waals surface area contributed by atoms with Crippen LogP contribution in [0.3, 0.4) is 0 Å². The molecule has 0 saturated heterocycles. The molecule has 47 heavy (non-hydrogen) atoms. The maximum atomic E-state index is 15.4. The van der Waals surface area contributed by atoms with Gasteiger partial charge in [0.05, 0.1) is 0 Å². The van der Waals surface area contributed by atoms with Gasteiger partial charge in [0, 0.05) is 6.42 Å². The van der Waals surface area contributed by atoms with Crippen LogP contribution in [0.25, 0.3) is 11.0 Å². The molecule has 2 N–H and O–H groups in total. The van der Waals surface area contributed by atoms with Crippen LogP contribution < -0.4 is 9.31 Å². The number of rotatable bonds is 17. The van der Waals surface area contributed by atoms with Gasteiger partial charge in [-0.15, -0.1) is 0 Å². The van der Waals surface area contributed by atoms with Crippen LogP contribution in [0.4, 0.5) is 4.39 Å². The first kappa shape index (κ1) is 36.8. The molecule has 2 aromatic heterocycles. The number of aromatic nitrogens is 3. The molecular formula is C36H52FN5O4Sn. The Hall–Kier alpha value is -3.02. The summed E-state index contributed by atoms with van der Waals surface area (Å²) in [6.45, 7) is 12.6. The monoisotopic (exact) mass is 757 g/mol. The van der Waals surface area contributed by atoms with Crippen LogP contribution in [0.15, 0.2) is 30.5 Å². The minimum atomic E-state index is -3.00. The molecule has 1 atom stereocenters. The number of carbonyl (C=O) groups excluding carboxylic acids is 3. The van der Waals surface area contributed by atoms with Crippen molar-refractivity contribution in [3.05, 3.63) is 53.1 Å². The molecule has 0 spiro atoms. The maximum absolute atomic E-state index is 15.4. The van der Waals surface area contributed by atoms with Crippen molar-refractivity contribution in [2.75, 3.05) is 0 Å². The van der Waals surface area contributed by atoms with Crippen LogP contribution in [0.5, 0.6) is 0 Å². The van der Waals surface area contributed by atoms with E-state index in [1.165, 1.54) is 41.1 Å². The topological polar surface area (TPSA) is 120 Å². The van der Waals surface area contributed by atoms with Crippen molar-refractivity contribution < 1.29 is 23.5 Å². The standard InChI is InChI=1S/C24H25FN5O4.3C4H9.Sn/c1-24(2,3)34-20(31)9-7-18(21(26)32)29-13-16-10-14(4-6-17(16)23(29)33)12-30-22-15(11-27-30)5-8-19(25)28-22;3*1-3-4-2;/h4,6,8,10-11,18H,7,9,12-13H2,1-3H3,(H2,26,32);3*1,3-4H2,2H3;/t18-;;;;/m0..../s1. The number of unbranched alkanes of at least 4 members (excludes halogenated alkanes) is 3. The van der Waals surface area contributed by atoms with Crippen LogP contribution in [-0.2, 0) is 27.4 Å². The Bertz CT molecular complexity index is 1560. The number of nitrogens with zero attached hydrogens (tertiary/aromatic N) is 4.